The van der Waals surface area contributed by atoms with Crippen molar-refractivity contribution >= 4 is 26.1 Å². The second kappa shape index (κ2) is 19.9. The van der Waals surface area contributed by atoms with E-state index in [1.54, 1.807) is 0 Å². The summed E-state index contributed by atoms with van der Waals surface area (Å²) in [5.74, 6) is 0. The van der Waals surface area contributed by atoms with Gasteiger partial charge in [0.05, 0.1) is 0 Å². The first kappa shape index (κ1) is 34.8. The molecule has 0 aliphatic heterocycles. The van der Waals surface area contributed by atoms with Gasteiger partial charge in [0.1, 0.15) is 0 Å². The molecule has 0 aromatic carbocycles. The first-order chi connectivity index (χ1) is 12.6. The van der Waals surface area contributed by atoms with Gasteiger partial charge in [0.25, 0.3) is 0 Å². The van der Waals surface area contributed by atoms with Crippen molar-refractivity contribution in [2.75, 3.05) is 0 Å². The molecule has 0 unspecified atom stereocenters. The molecule has 0 aliphatic rings. The van der Waals surface area contributed by atoms with Crippen molar-refractivity contribution in [1.82, 2.24) is 0 Å². The standard InChI is InChI=1S/C15H32N2O8P2.2Na.2H/c18-16-14(26(20,21)22)12-10-8-6-4-2-1-3-5-7-9-11-13-15(17-19)27(23,24)25;;;;/h18-19H,1-13H2,(H2,20,21,22)(H2,23,24,25);;;;/q;2*+1;2*-1/b16-14-,17-15+;;;;. The number of rotatable bonds is 16. The van der Waals surface area contributed by atoms with E-state index in [4.69, 9.17) is 30.0 Å². The number of hydrogen-bond acceptors (Lipinski definition) is 6. The molecule has 0 aromatic heterocycles. The van der Waals surface area contributed by atoms with Gasteiger partial charge in [-0.3, -0.25) is 9.13 Å². The second-order valence-electron chi connectivity index (χ2n) is 6.51. The van der Waals surface area contributed by atoms with Gasteiger partial charge in [0.2, 0.25) is 0 Å². The van der Waals surface area contributed by atoms with Gasteiger partial charge in [-0.2, -0.15) is 0 Å². The van der Waals surface area contributed by atoms with Crippen molar-refractivity contribution in [3.63, 3.8) is 0 Å². The van der Waals surface area contributed by atoms with Crippen molar-refractivity contribution in [2.24, 2.45) is 10.3 Å². The largest absolute Gasteiger partial charge is 1.00 e. The molecule has 14 heteroatoms. The van der Waals surface area contributed by atoms with Crippen LogP contribution in [0.25, 0.3) is 0 Å². The number of oxime groups is 2. The summed E-state index contributed by atoms with van der Waals surface area (Å²) in [7, 11) is -8.86. The quantitative estimate of drug-likeness (QED) is 0.0376. The molecular weight excluding hydrogens is 444 g/mol. The summed E-state index contributed by atoms with van der Waals surface area (Å²) in [5, 5.41) is 22.5. The summed E-state index contributed by atoms with van der Waals surface area (Å²) in [5.41, 5.74) is -0.915. The molecule has 0 fully saturated rings. The van der Waals surface area contributed by atoms with E-state index in [1.807, 2.05) is 0 Å². The van der Waals surface area contributed by atoms with Gasteiger partial charge in [0.15, 0.2) is 10.9 Å². The zero-order valence-corrected chi connectivity index (χ0v) is 23.3. The molecule has 0 spiro atoms. The molecule has 6 N–H and O–H groups in total. The van der Waals surface area contributed by atoms with Crippen LogP contribution in [0, 0.1) is 0 Å². The van der Waals surface area contributed by atoms with E-state index in [0.29, 0.717) is 12.8 Å². The molecule has 0 aliphatic carbocycles. The molecule has 0 aromatic rings. The molecule has 10 nitrogen and oxygen atoms in total. The molecule has 0 amide bonds. The molecule has 0 saturated carbocycles. The Kier molecular flexibility index (Phi) is 23.9. The third kappa shape index (κ3) is 19.6. The summed E-state index contributed by atoms with van der Waals surface area (Å²) in [6.45, 7) is 0. The molecule has 0 atom stereocenters. The van der Waals surface area contributed by atoms with E-state index >= 15 is 0 Å². The third-order valence-electron chi connectivity index (χ3n) is 4.20. The molecule has 29 heavy (non-hydrogen) atoms. The van der Waals surface area contributed by atoms with E-state index in [1.165, 1.54) is 0 Å². The van der Waals surface area contributed by atoms with Crippen LogP contribution in [0.15, 0.2) is 10.3 Å². The summed E-state index contributed by atoms with van der Waals surface area (Å²) >= 11 is 0. The summed E-state index contributed by atoms with van der Waals surface area (Å²) in [6, 6.07) is 0. The van der Waals surface area contributed by atoms with Crippen LogP contribution in [-0.4, -0.2) is 40.9 Å². The average molecular weight is 478 g/mol. The minimum absolute atomic E-state index is 0. The fourth-order valence-electron chi connectivity index (χ4n) is 2.67. The van der Waals surface area contributed by atoms with E-state index in [2.05, 4.69) is 10.3 Å². The summed E-state index contributed by atoms with van der Waals surface area (Å²) < 4.78 is 21.9. The molecule has 0 bridgehead atoms. The number of nitrogens with zero attached hydrogens (tertiary/aromatic N) is 2. The maximum absolute atomic E-state index is 10.9. The normalized spacial score (nSPS) is 13.0. The van der Waals surface area contributed by atoms with Gasteiger partial charge in [0, 0.05) is 12.8 Å². The van der Waals surface area contributed by atoms with Gasteiger partial charge in [-0.05, 0) is 12.8 Å². The number of unbranched alkanes of at least 4 members (excludes halogenated alkanes) is 10. The van der Waals surface area contributed by atoms with Crippen LogP contribution in [0.1, 0.15) is 86.3 Å². The van der Waals surface area contributed by atoms with Gasteiger partial charge in [-0.25, -0.2) is 0 Å². The predicted molar refractivity (Wildman–Crippen MR) is 105 cm³/mol. The Bertz CT molecular complexity index is 529. The van der Waals surface area contributed by atoms with Crippen LogP contribution in [0.5, 0.6) is 0 Å². The maximum atomic E-state index is 10.9. The van der Waals surface area contributed by atoms with Crippen LogP contribution < -0.4 is 59.1 Å². The molecule has 0 saturated heterocycles. The van der Waals surface area contributed by atoms with Gasteiger partial charge < -0.3 is 32.8 Å². The molecule has 0 rings (SSSR count). The van der Waals surface area contributed by atoms with Gasteiger partial charge in [-0.1, -0.05) is 68.1 Å². The summed E-state index contributed by atoms with van der Waals surface area (Å²) in [4.78, 5) is 35.6. The first-order valence-corrected chi connectivity index (χ1v) is 12.4. The number of hydrogen-bond donors (Lipinski definition) is 6. The molecular formula is C15H34N2Na2O8P2. The Hall–Kier alpha value is 1.24. The van der Waals surface area contributed by atoms with Crippen molar-refractivity contribution in [3.8, 4) is 0 Å². The predicted octanol–water partition coefficient (Wildman–Crippen LogP) is -1.78. The Morgan fingerprint density at radius 2 is 0.759 bits per heavy atom. The SMILES string of the molecule is O=P(O)(O)/C(CCCCCCCCCCCCC/C(=N\O)P(=O)(O)O)=N\O.[H-].[H-].[Na+].[Na+]. The van der Waals surface area contributed by atoms with E-state index in [-0.39, 0.29) is 74.8 Å². The average Bonchev–Trinajstić information content (AvgIpc) is 2.56. The molecule has 0 radical (unpaired) electrons. The first-order valence-electron chi connectivity index (χ1n) is 9.17. The third-order valence-corrected chi connectivity index (χ3v) is 6.18. The van der Waals surface area contributed by atoms with Gasteiger partial charge in [-0.15, -0.1) is 0 Å². The van der Waals surface area contributed by atoms with E-state index < -0.39 is 26.1 Å². The minimum atomic E-state index is -4.43. The van der Waals surface area contributed by atoms with Crippen molar-refractivity contribution in [1.29, 1.82) is 0 Å². The monoisotopic (exact) mass is 478 g/mol. The van der Waals surface area contributed by atoms with Crippen LogP contribution in [0.2, 0.25) is 0 Å². The van der Waals surface area contributed by atoms with Crippen LogP contribution >= 0.6 is 15.2 Å². The van der Waals surface area contributed by atoms with E-state index in [9.17, 15) is 9.13 Å². The minimum Gasteiger partial charge on any atom is -1.00 e. The smallest absolute Gasteiger partial charge is 1.00 e. The van der Waals surface area contributed by atoms with Crippen LogP contribution in [-0.2, 0) is 9.13 Å². The maximum Gasteiger partial charge on any atom is 1.00 e. The van der Waals surface area contributed by atoms with Crippen molar-refractivity contribution < 1.29 is 101 Å². The van der Waals surface area contributed by atoms with Crippen LogP contribution in [0.3, 0.4) is 0 Å². The zero-order valence-electron chi connectivity index (χ0n) is 19.5. The van der Waals surface area contributed by atoms with E-state index in [0.717, 1.165) is 57.8 Å². The Morgan fingerprint density at radius 3 is 0.931 bits per heavy atom. The van der Waals surface area contributed by atoms with Crippen molar-refractivity contribution in [3.05, 3.63) is 0 Å². The Balaban J connectivity index is -0.000000563. The topological polar surface area (TPSA) is 180 Å². The van der Waals surface area contributed by atoms with Crippen molar-refractivity contribution in [2.45, 2.75) is 83.5 Å². The molecule has 164 valence electrons. The molecule has 0 heterocycles. The summed E-state index contributed by atoms with van der Waals surface area (Å²) in [6.07, 6.45) is 10.3. The van der Waals surface area contributed by atoms with Gasteiger partial charge >= 0.3 is 74.3 Å². The Labute approximate surface area is 219 Å². The second-order valence-corrected chi connectivity index (χ2v) is 9.72. The Morgan fingerprint density at radius 1 is 0.552 bits per heavy atom. The van der Waals surface area contributed by atoms with Crippen LogP contribution in [0.4, 0.5) is 0 Å². The fraction of sp³-hybridized carbons (Fsp3) is 0.867. The zero-order chi connectivity index (χ0) is 20.8. The fourth-order valence-corrected chi connectivity index (χ4v) is 3.80.